The van der Waals surface area contributed by atoms with Gasteiger partial charge in [0, 0.05) is 28.7 Å². The molecule has 1 aliphatic carbocycles. The average Bonchev–Trinajstić information content (AvgIpc) is 2.89. The van der Waals surface area contributed by atoms with E-state index in [9.17, 15) is 9.90 Å². The molecule has 3 N–H and O–H groups in total. The number of hydrogen-bond acceptors (Lipinski definition) is 2. The van der Waals surface area contributed by atoms with Crippen LogP contribution in [-0.2, 0) is 4.79 Å². The Kier molecular flexibility index (Phi) is 3.74. The lowest BCUT2D eigenvalue weighted by atomic mass is 9.94. The number of aliphatic carboxylic acids is 1. The van der Waals surface area contributed by atoms with Crippen molar-refractivity contribution in [3.63, 3.8) is 0 Å². The van der Waals surface area contributed by atoms with Crippen LogP contribution in [0.5, 0.6) is 0 Å². The van der Waals surface area contributed by atoms with Crippen molar-refractivity contribution in [2.75, 3.05) is 0 Å². The van der Waals surface area contributed by atoms with Crippen LogP contribution in [0.15, 0.2) is 30.5 Å². The summed E-state index contributed by atoms with van der Waals surface area (Å²) >= 11 is 0. The highest BCUT2D eigenvalue weighted by Gasteiger charge is 2.26. The number of nitrogens with one attached hydrogen (secondary N) is 2. The van der Waals surface area contributed by atoms with Crippen LogP contribution in [0.25, 0.3) is 10.9 Å². The standard InChI is InChI=1S/C16H20N2O2/c19-16(20)15(18-11-6-2-1-3-7-11)13-10-17-14-9-5-4-8-12(13)14/h4-5,8-11,15,17-18H,1-3,6-7H2,(H,19,20). The minimum Gasteiger partial charge on any atom is -0.480 e. The maximum atomic E-state index is 11.6. The number of para-hydroxylation sites is 1. The Bertz CT molecular complexity index is 599. The number of benzene rings is 1. The molecule has 0 radical (unpaired) electrons. The number of carboxylic acids is 1. The molecule has 1 aromatic carbocycles. The highest BCUT2D eigenvalue weighted by Crippen LogP contribution is 2.27. The van der Waals surface area contributed by atoms with Crippen LogP contribution in [0.2, 0.25) is 0 Å². The van der Waals surface area contributed by atoms with Gasteiger partial charge in [-0.1, -0.05) is 37.5 Å². The van der Waals surface area contributed by atoms with Gasteiger partial charge in [0.1, 0.15) is 6.04 Å². The van der Waals surface area contributed by atoms with Crippen molar-refractivity contribution < 1.29 is 9.90 Å². The Morgan fingerprint density at radius 2 is 2.00 bits per heavy atom. The average molecular weight is 272 g/mol. The minimum atomic E-state index is -0.805. The van der Waals surface area contributed by atoms with Gasteiger partial charge in [-0.3, -0.25) is 10.1 Å². The second kappa shape index (κ2) is 5.67. The molecule has 4 heteroatoms. The topological polar surface area (TPSA) is 65.1 Å². The van der Waals surface area contributed by atoms with E-state index in [1.807, 2.05) is 30.5 Å². The predicted molar refractivity (Wildman–Crippen MR) is 78.7 cm³/mol. The molecule has 0 spiro atoms. The molecule has 1 unspecified atom stereocenters. The van der Waals surface area contributed by atoms with Gasteiger partial charge in [-0.15, -0.1) is 0 Å². The van der Waals surface area contributed by atoms with Crippen LogP contribution in [0.1, 0.15) is 43.7 Å². The molecule has 0 aliphatic heterocycles. The fourth-order valence-corrected chi connectivity index (χ4v) is 3.13. The van der Waals surface area contributed by atoms with E-state index in [4.69, 9.17) is 0 Å². The van der Waals surface area contributed by atoms with Crippen molar-refractivity contribution in [3.8, 4) is 0 Å². The van der Waals surface area contributed by atoms with E-state index >= 15 is 0 Å². The van der Waals surface area contributed by atoms with Crippen LogP contribution < -0.4 is 5.32 Å². The Labute approximate surface area is 118 Å². The molecule has 106 valence electrons. The number of fused-ring (bicyclic) bond motifs is 1. The van der Waals surface area contributed by atoms with E-state index in [-0.39, 0.29) is 0 Å². The minimum absolute atomic E-state index is 0.318. The number of rotatable bonds is 4. The van der Waals surface area contributed by atoms with E-state index in [0.29, 0.717) is 6.04 Å². The Hall–Kier alpha value is -1.81. The zero-order chi connectivity index (χ0) is 13.9. The molecule has 2 aromatic rings. The van der Waals surface area contributed by atoms with Gasteiger partial charge in [-0.25, -0.2) is 0 Å². The summed E-state index contributed by atoms with van der Waals surface area (Å²) in [5.74, 6) is -0.805. The molecular formula is C16H20N2O2. The first-order valence-electron chi connectivity index (χ1n) is 7.30. The largest absolute Gasteiger partial charge is 0.480 e. The van der Waals surface area contributed by atoms with E-state index in [0.717, 1.165) is 29.3 Å². The number of carboxylic acid groups (broad SMARTS) is 1. The second-order valence-corrected chi connectivity index (χ2v) is 5.56. The van der Waals surface area contributed by atoms with Crippen LogP contribution in [0.4, 0.5) is 0 Å². The van der Waals surface area contributed by atoms with Crippen molar-refractivity contribution in [2.24, 2.45) is 0 Å². The smallest absolute Gasteiger partial charge is 0.325 e. The summed E-state index contributed by atoms with van der Waals surface area (Å²) in [5, 5.41) is 13.9. The highest BCUT2D eigenvalue weighted by molar-refractivity contribution is 5.89. The van der Waals surface area contributed by atoms with Gasteiger partial charge >= 0.3 is 5.97 Å². The summed E-state index contributed by atoms with van der Waals surface area (Å²) < 4.78 is 0. The summed E-state index contributed by atoms with van der Waals surface area (Å²) in [4.78, 5) is 14.8. The van der Waals surface area contributed by atoms with Gasteiger partial charge in [0.25, 0.3) is 0 Å². The molecule has 1 fully saturated rings. The van der Waals surface area contributed by atoms with E-state index in [1.165, 1.54) is 19.3 Å². The maximum absolute atomic E-state index is 11.6. The lowest BCUT2D eigenvalue weighted by Gasteiger charge is -2.26. The molecule has 20 heavy (non-hydrogen) atoms. The molecular weight excluding hydrogens is 252 g/mol. The monoisotopic (exact) mass is 272 g/mol. The number of aromatic amines is 1. The fraction of sp³-hybridized carbons (Fsp3) is 0.438. The van der Waals surface area contributed by atoms with Crippen LogP contribution in [-0.4, -0.2) is 22.1 Å². The Morgan fingerprint density at radius 1 is 1.25 bits per heavy atom. The fourth-order valence-electron chi connectivity index (χ4n) is 3.13. The van der Waals surface area contributed by atoms with Gasteiger partial charge in [-0.2, -0.15) is 0 Å². The molecule has 0 saturated heterocycles. The molecule has 1 heterocycles. The van der Waals surface area contributed by atoms with E-state index in [1.54, 1.807) is 0 Å². The van der Waals surface area contributed by atoms with Gasteiger partial charge in [0.2, 0.25) is 0 Å². The van der Waals surface area contributed by atoms with Gasteiger partial charge in [-0.05, 0) is 18.9 Å². The maximum Gasteiger partial charge on any atom is 0.325 e. The summed E-state index contributed by atoms with van der Waals surface area (Å²) in [6.45, 7) is 0. The molecule has 4 nitrogen and oxygen atoms in total. The van der Waals surface area contributed by atoms with Gasteiger partial charge in [0.05, 0.1) is 0 Å². The zero-order valence-electron chi connectivity index (χ0n) is 11.4. The number of H-pyrrole nitrogens is 1. The Morgan fingerprint density at radius 3 is 2.75 bits per heavy atom. The summed E-state index contributed by atoms with van der Waals surface area (Å²) in [5.41, 5.74) is 1.82. The lowest BCUT2D eigenvalue weighted by molar-refractivity contribution is -0.140. The summed E-state index contributed by atoms with van der Waals surface area (Å²) in [6, 6.07) is 7.53. The first-order valence-corrected chi connectivity index (χ1v) is 7.30. The lowest BCUT2D eigenvalue weighted by Crippen LogP contribution is -2.38. The third-order valence-corrected chi connectivity index (χ3v) is 4.19. The zero-order valence-corrected chi connectivity index (χ0v) is 11.4. The number of aromatic nitrogens is 1. The van der Waals surface area contributed by atoms with Gasteiger partial charge in [0.15, 0.2) is 0 Å². The molecule has 1 aromatic heterocycles. The Balaban J connectivity index is 1.88. The first kappa shape index (κ1) is 13.2. The van der Waals surface area contributed by atoms with E-state index in [2.05, 4.69) is 10.3 Å². The third-order valence-electron chi connectivity index (χ3n) is 4.19. The second-order valence-electron chi connectivity index (χ2n) is 5.56. The molecule has 0 bridgehead atoms. The first-order chi connectivity index (χ1) is 9.75. The predicted octanol–water partition coefficient (Wildman–Crippen LogP) is 3.22. The highest BCUT2D eigenvalue weighted by atomic mass is 16.4. The number of hydrogen-bond donors (Lipinski definition) is 3. The normalized spacial score (nSPS) is 18.2. The van der Waals surface area contributed by atoms with Crippen LogP contribution in [0, 0.1) is 0 Å². The third kappa shape index (κ3) is 2.56. The van der Waals surface area contributed by atoms with Crippen molar-refractivity contribution >= 4 is 16.9 Å². The van der Waals surface area contributed by atoms with Crippen LogP contribution in [0.3, 0.4) is 0 Å². The molecule has 1 atom stereocenters. The quantitative estimate of drug-likeness (QED) is 0.800. The van der Waals surface area contributed by atoms with Crippen molar-refractivity contribution in [3.05, 3.63) is 36.0 Å². The van der Waals surface area contributed by atoms with Gasteiger partial charge < -0.3 is 10.1 Å². The van der Waals surface area contributed by atoms with Crippen molar-refractivity contribution in [1.82, 2.24) is 10.3 Å². The van der Waals surface area contributed by atoms with Crippen molar-refractivity contribution in [2.45, 2.75) is 44.2 Å². The SMILES string of the molecule is O=C(O)C(NC1CCCCC1)c1c[nH]c2ccccc12. The summed E-state index contributed by atoms with van der Waals surface area (Å²) in [7, 11) is 0. The van der Waals surface area contributed by atoms with Crippen molar-refractivity contribution in [1.29, 1.82) is 0 Å². The molecule has 1 aliphatic rings. The molecule has 0 amide bonds. The molecule has 3 rings (SSSR count). The van der Waals surface area contributed by atoms with Crippen LogP contribution >= 0.6 is 0 Å². The summed E-state index contributed by atoms with van der Waals surface area (Å²) in [6.07, 6.45) is 7.62. The van der Waals surface area contributed by atoms with E-state index < -0.39 is 12.0 Å². The molecule has 1 saturated carbocycles. The number of carbonyl (C=O) groups is 1.